The molecule has 0 spiro atoms. The summed E-state index contributed by atoms with van der Waals surface area (Å²) in [4.78, 5) is 9.79. The minimum Gasteiger partial charge on any atom is -0.348 e. The van der Waals surface area contributed by atoms with E-state index in [0.29, 0.717) is 12.0 Å². The fourth-order valence-electron chi connectivity index (χ4n) is 5.33. The Labute approximate surface area is 159 Å². The van der Waals surface area contributed by atoms with Crippen LogP contribution in [0.2, 0.25) is 0 Å². The van der Waals surface area contributed by atoms with Crippen LogP contribution in [-0.2, 0) is 7.05 Å². The van der Waals surface area contributed by atoms with Gasteiger partial charge in [0, 0.05) is 42.2 Å². The van der Waals surface area contributed by atoms with Crippen LogP contribution < -0.4 is 4.90 Å². The number of benzene rings is 2. The zero-order valence-corrected chi connectivity index (χ0v) is 16.3. The van der Waals surface area contributed by atoms with Crippen molar-refractivity contribution in [1.82, 2.24) is 14.5 Å². The number of aromatic nitrogens is 2. The first kappa shape index (κ1) is 15.3. The standard InChI is InChI=1S/C23H24N4/c1-13-6-5-7-14(2)22(13)27-15(3)11-26-20-10-17(20)16-9-21-19(24-12-25(21)4)8-18(16)23(26)27/h5-9,11-12,17,20,23H,10H2,1-4H3. The van der Waals surface area contributed by atoms with Crippen LogP contribution in [0.15, 0.2) is 48.6 Å². The smallest absolute Gasteiger partial charge is 0.132 e. The molecule has 1 aliphatic carbocycles. The second-order valence-corrected chi connectivity index (χ2v) is 8.44. The summed E-state index contributed by atoms with van der Waals surface area (Å²) < 4.78 is 2.14. The predicted molar refractivity (Wildman–Crippen MR) is 109 cm³/mol. The Morgan fingerprint density at radius 2 is 1.81 bits per heavy atom. The van der Waals surface area contributed by atoms with E-state index >= 15 is 0 Å². The molecule has 3 heterocycles. The summed E-state index contributed by atoms with van der Waals surface area (Å²) >= 11 is 0. The summed E-state index contributed by atoms with van der Waals surface area (Å²) in [5.74, 6) is 0.664. The Bertz CT molecular complexity index is 1120. The van der Waals surface area contributed by atoms with Crippen LogP contribution in [0.25, 0.3) is 11.0 Å². The van der Waals surface area contributed by atoms with Crippen molar-refractivity contribution in [3.05, 3.63) is 70.8 Å². The van der Waals surface area contributed by atoms with Gasteiger partial charge >= 0.3 is 0 Å². The number of para-hydroxylation sites is 1. The van der Waals surface area contributed by atoms with E-state index in [9.17, 15) is 0 Å². The molecule has 3 atom stereocenters. The molecule has 0 radical (unpaired) electrons. The van der Waals surface area contributed by atoms with Crippen LogP contribution in [-0.4, -0.2) is 20.5 Å². The molecule has 1 fully saturated rings. The molecule has 3 aromatic rings. The van der Waals surface area contributed by atoms with Crippen LogP contribution in [0.5, 0.6) is 0 Å². The molecule has 3 unspecified atom stereocenters. The summed E-state index contributed by atoms with van der Waals surface area (Å²) in [6, 6.07) is 12.0. The molecule has 0 bridgehead atoms. The molecule has 0 amide bonds. The number of anilines is 1. The van der Waals surface area contributed by atoms with E-state index in [1.807, 2.05) is 6.33 Å². The summed E-state index contributed by atoms with van der Waals surface area (Å²) in [6.45, 7) is 6.70. The van der Waals surface area contributed by atoms with Crippen LogP contribution in [0.4, 0.5) is 5.69 Å². The van der Waals surface area contributed by atoms with Gasteiger partial charge in [-0.2, -0.15) is 0 Å². The molecule has 4 heteroatoms. The first-order valence-corrected chi connectivity index (χ1v) is 9.81. The van der Waals surface area contributed by atoms with Gasteiger partial charge in [0.2, 0.25) is 0 Å². The lowest BCUT2D eigenvalue weighted by Gasteiger charge is -2.39. The Hall–Kier alpha value is -2.75. The summed E-state index contributed by atoms with van der Waals surface area (Å²) in [6.07, 6.45) is 5.82. The van der Waals surface area contributed by atoms with E-state index in [-0.39, 0.29) is 6.17 Å². The molecule has 1 aromatic heterocycles. The maximum Gasteiger partial charge on any atom is 0.132 e. The topological polar surface area (TPSA) is 24.3 Å². The quantitative estimate of drug-likeness (QED) is 0.629. The minimum atomic E-state index is 0.245. The van der Waals surface area contributed by atoms with Crippen LogP contribution in [0.3, 0.4) is 0 Å². The highest BCUT2D eigenvalue weighted by Crippen LogP contribution is 2.58. The third kappa shape index (κ3) is 1.90. The fourth-order valence-corrected chi connectivity index (χ4v) is 5.33. The zero-order valence-electron chi connectivity index (χ0n) is 16.3. The van der Waals surface area contributed by atoms with Crippen molar-refractivity contribution in [2.75, 3.05) is 4.90 Å². The van der Waals surface area contributed by atoms with E-state index in [1.54, 1.807) is 0 Å². The third-order valence-electron chi connectivity index (χ3n) is 6.67. The zero-order chi connectivity index (χ0) is 18.4. The SMILES string of the molecule is CC1=CN2C3CC3c3cc4c(cc3C2N1c1c(C)cccc1C)ncn4C. The number of rotatable bonds is 1. The Morgan fingerprint density at radius 1 is 1.04 bits per heavy atom. The molecule has 0 saturated heterocycles. The lowest BCUT2D eigenvalue weighted by molar-refractivity contribution is 0.276. The first-order valence-electron chi connectivity index (χ1n) is 9.81. The second-order valence-electron chi connectivity index (χ2n) is 8.44. The molecule has 6 rings (SSSR count). The summed E-state index contributed by atoms with van der Waals surface area (Å²) in [5, 5.41) is 0. The lowest BCUT2D eigenvalue weighted by atomic mass is 9.94. The van der Waals surface area contributed by atoms with Gasteiger partial charge in [0.1, 0.15) is 6.17 Å². The van der Waals surface area contributed by atoms with Crippen molar-refractivity contribution in [3.8, 4) is 0 Å². The number of hydrogen-bond donors (Lipinski definition) is 0. The Balaban J connectivity index is 1.59. The number of fused-ring (bicyclic) bond motifs is 7. The van der Waals surface area contributed by atoms with Gasteiger partial charge in [0.15, 0.2) is 0 Å². The van der Waals surface area contributed by atoms with Crippen molar-refractivity contribution >= 4 is 16.7 Å². The van der Waals surface area contributed by atoms with Gasteiger partial charge in [-0.05, 0) is 56.0 Å². The van der Waals surface area contributed by atoms with E-state index in [0.717, 1.165) is 5.52 Å². The fraction of sp³-hybridized carbons (Fsp3) is 0.348. The molecule has 136 valence electrons. The second kappa shape index (κ2) is 4.94. The van der Waals surface area contributed by atoms with Gasteiger partial charge in [-0.15, -0.1) is 0 Å². The number of hydrogen-bond acceptors (Lipinski definition) is 3. The van der Waals surface area contributed by atoms with Gasteiger partial charge in [-0.3, -0.25) is 0 Å². The van der Waals surface area contributed by atoms with Crippen LogP contribution >= 0.6 is 0 Å². The van der Waals surface area contributed by atoms with Gasteiger partial charge < -0.3 is 14.4 Å². The molecule has 0 N–H and O–H groups in total. The van der Waals surface area contributed by atoms with Crippen molar-refractivity contribution in [1.29, 1.82) is 0 Å². The summed E-state index contributed by atoms with van der Waals surface area (Å²) in [5.41, 5.74) is 10.6. The van der Waals surface area contributed by atoms with E-state index in [1.165, 1.54) is 45.6 Å². The van der Waals surface area contributed by atoms with Gasteiger partial charge in [0.05, 0.1) is 17.4 Å². The monoisotopic (exact) mass is 356 g/mol. The van der Waals surface area contributed by atoms with Crippen molar-refractivity contribution in [3.63, 3.8) is 0 Å². The number of allylic oxidation sites excluding steroid dienone is 1. The van der Waals surface area contributed by atoms with Crippen LogP contribution in [0, 0.1) is 13.8 Å². The number of aryl methyl sites for hydroxylation is 3. The van der Waals surface area contributed by atoms with Crippen LogP contribution in [0.1, 0.15) is 47.7 Å². The maximum absolute atomic E-state index is 4.64. The molecule has 4 nitrogen and oxygen atoms in total. The maximum atomic E-state index is 4.64. The van der Waals surface area contributed by atoms with Crippen molar-refractivity contribution in [2.24, 2.45) is 7.05 Å². The molecule has 1 saturated carbocycles. The van der Waals surface area contributed by atoms with Gasteiger partial charge in [0.25, 0.3) is 0 Å². The molecule has 3 aliphatic rings. The van der Waals surface area contributed by atoms with Crippen molar-refractivity contribution in [2.45, 2.75) is 45.3 Å². The average Bonchev–Trinajstić information content (AvgIpc) is 3.27. The average molecular weight is 356 g/mol. The Kier molecular flexibility index (Phi) is 2.81. The van der Waals surface area contributed by atoms with E-state index in [4.69, 9.17) is 0 Å². The number of nitrogens with zero attached hydrogens (tertiary/aromatic N) is 4. The molecule has 27 heavy (non-hydrogen) atoms. The third-order valence-corrected chi connectivity index (χ3v) is 6.67. The largest absolute Gasteiger partial charge is 0.348 e. The highest BCUT2D eigenvalue weighted by atomic mass is 15.4. The highest BCUT2D eigenvalue weighted by molar-refractivity contribution is 5.79. The van der Waals surface area contributed by atoms with Crippen molar-refractivity contribution < 1.29 is 0 Å². The Morgan fingerprint density at radius 3 is 2.59 bits per heavy atom. The minimum absolute atomic E-state index is 0.245. The van der Waals surface area contributed by atoms with Gasteiger partial charge in [-0.25, -0.2) is 4.98 Å². The normalized spacial score (nSPS) is 25.3. The highest BCUT2D eigenvalue weighted by Gasteiger charge is 2.54. The molecular weight excluding hydrogens is 332 g/mol. The summed E-state index contributed by atoms with van der Waals surface area (Å²) in [7, 11) is 2.09. The van der Waals surface area contributed by atoms with E-state index in [2.05, 4.69) is 83.7 Å². The molecular formula is C23H24N4. The lowest BCUT2D eigenvalue weighted by Crippen LogP contribution is -2.37. The van der Waals surface area contributed by atoms with E-state index < -0.39 is 0 Å². The number of imidazole rings is 1. The predicted octanol–water partition coefficient (Wildman–Crippen LogP) is 4.74. The molecule has 2 aliphatic heterocycles. The first-order chi connectivity index (χ1) is 13.0. The van der Waals surface area contributed by atoms with Gasteiger partial charge in [-0.1, -0.05) is 18.2 Å². The molecule has 2 aromatic carbocycles.